The Morgan fingerprint density at radius 2 is 2.00 bits per heavy atom. The molecule has 0 aliphatic rings. The number of carbonyl (C=O) groups is 1. The van der Waals surface area contributed by atoms with Crippen molar-refractivity contribution in [1.82, 2.24) is 20.2 Å². The number of carbonyl (C=O) groups excluding carboxylic acids is 1. The highest BCUT2D eigenvalue weighted by Gasteiger charge is 2.25. The van der Waals surface area contributed by atoms with E-state index >= 15 is 0 Å². The molecule has 1 heterocycles. The van der Waals surface area contributed by atoms with Gasteiger partial charge >= 0.3 is 0 Å². The summed E-state index contributed by atoms with van der Waals surface area (Å²) in [5, 5.41) is 21.1. The minimum Gasteiger partial charge on any atom is -0.310 e. The van der Waals surface area contributed by atoms with Crippen LogP contribution >= 0.6 is 11.8 Å². The number of aryl methyl sites for hydroxylation is 2. The minimum absolute atomic E-state index is 0.0908. The van der Waals surface area contributed by atoms with Crippen molar-refractivity contribution in [2.45, 2.75) is 37.6 Å². The van der Waals surface area contributed by atoms with Crippen molar-refractivity contribution in [3.05, 3.63) is 59.7 Å². The highest BCUT2D eigenvalue weighted by molar-refractivity contribution is 8.00. The molecule has 29 heavy (non-hydrogen) atoms. The molecule has 0 fully saturated rings. The molecule has 1 amide bonds. The number of hydrogen-bond acceptors (Lipinski definition) is 6. The maximum Gasteiger partial charge on any atom is 0.240 e. The number of thioether (sulfide) groups is 1. The van der Waals surface area contributed by atoms with Crippen LogP contribution in [0.15, 0.2) is 53.7 Å². The first-order valence-corrected chi connectivity index (χ1v) is 10.1. The van der Waals surface area contributed by atoms with Crippen molar-refractivity contribution >= 4 is 23.4 Å². The molecular formula is C21H22N6OS. The van der Waals surface area contributed by atoms with Crippen molar-refractivity contribution in [2.75, 3.05) is 11.4 Å². The lowest BCUT2D eigenvalue weighted by molar-refractivity contribution is -0.117. The Morgan fingerprint density at radius 1 is 1.24 bits per heavy atom. The zero-order chi connectivity index (χ0) is 20.8. The third kappa shape index (κ3) is 4.81. The summed E-state index contributed by atoms with van der Waals surface area (Å²) in [6, 6.07) is 17.6. The molecule has 0 aliphatic heterocycles. The Morgan fingerprint density at radius 3 is 2.72 bits per heavy atom. The van der Waals surface area contributed by atoms with Crippen LogP contribution in [-0.4, -0.2) is 37.9 Å². The summed E-state index contributed by atoms with van der Waals surface area (Å²) in [4.78, 5) is 14.8. The quantitative estimate of drug-likeness (QED) is 0.556. The molecule has 3 aromatic rings. The summed E-state index contributed by atoms with van der Waals surface area (Å²) < 4.78 is 1.67. The number of hydrogen-bond donors (Lipinski definition) is 0. The van der Waals surface area contributed by atoms with Crippen LogP contribution in [0, 0.1) is 25.2 Å². The first-order valence-electron chi connectivity index (χ1n) is 9.27. The maximum atomic E-state index is 13.2. The molecule has 0 unspecified atom stereocenters. The minimum atomic E-state index is -0.427. The van der Waals surface area contributed by atoms with E-state index < -0.39 is 5.25 Å². The van der Waals surface area contributed by atoms with Gasteiger partial charge < -0.3 is 4.90 Å². The van der Waals surface area contributed by atoms with E-state index in [0.29, 0.717) is 11.7 Å². The molecule has 0 radical (unpaired) electrons. The van der Waals surface area contributed by atoms with Gasteiger partial charge in [0.15, 0.2) is 0 Å². The molecule has 0 N–H and O–H groups in total. The van der Waals surface area contributed by atoms with Crippen molar-refractivity contribution in [3.8, 4) is 11.8 Å². The second kappa shape index (κ2) is 9.34. The fraction of sp³-hybridized carbons (Fsp3) is 0.286. The molecule has 1 atom stereocenters. The van der Waals surface area contributed by atoms with Gasteiger partial charge in [-0.3, -0.25) is 4.79 Å². The van der Waals surface area contributed by atoms with Gasteiger partial charge in [0.05, 0.1) is 23.4 Å². The average Bonchev–Trinajstić information content (AvgIpc) is 3.18. The Balaban J connectivity index is 1.83. The standard InChI is InChI=1S/C21H22N6OS/c1-15-10-11-16(2)19(14-15)27-21(23-24-25-27)29-17(3)20(28)26(13-7-12-22)18-8-5-4-6-9-18/h4-6,8-11,14,17H,7,13H2,1-3H3/t17-/m1/s1. The highest BCUT2D eigenvalue weighted by Crippen LogP contribution is 2.27. The van der Waals surface area contributed by atoms with Crippen LogP contribution in [0.1, 0.15) is 24.5 Å². The molecule has 0 bridgehead atoms. The summed E-state index contributed by atoms with van der Waals surface area (Å²) in [6.45, 7) is 6.18. The molecule has 2 aromatic carbocycles. The highest BCUT2D eigenvalue weighted by atomic mass is 32.2. The molecule has 3 rings (SSSR count). The van der Waals surface area contributed by atoms with Gasteiger partial charge in [0.25, 0.3) is 0 Å². The Hall–Kier alpha value is -3.18. The van der Waals surface area contributed by atoms with Crippen LogP contribution < -0.4 is 4.90 Å². The second-order valence-electron chi connectivity index (χ2n) is 6.66. The first-order chi connectivity index (χ1) is 14.0. The van der Waals surface area contributed by atoms with Gasteiger partial charge in [0.1, 0.15) is 0 Å². The topological polar surface area (TPSA) is 87.7 Å². The third-order valence-electron chi connectivity index (χ3n) is 4.44. The Kier molecular flexibility index (Phi) is 6.62. The van der Waals surface area contributed by atoms with Gasteiger partial charge in [-0.15, -0.1) is 5.10 Å². The number of para-hydroxylation sites is 1. The normalized spacial score (nSPS) is 11.7. The summed E-state index contributed by atoms with van der Waals surface area (Å²) in [5.74, 6) is -0.0908. The predicted molar refractivity (Wildman–Crippen MR) is 113 cm³/mol. The number of amides is 1. The van der Waals surface area contributed by atoms with E-state index in [1.165, 1.54) is 11.8 Å². The van der Waals surface area contributed by atoms with Gasteiger partial charge in [-0.05, 0) is 60.5 Å². The molecule has 0 saturated heterocycles. The number of rotatable bonds is 7. The van der Waals surface area contributed by atoms with Gasteiger partial charge in [-0.2, -0.15) is 9.94 Å². The van der Waals surface area contributed by atoms with Crippen LogP contribution in [-0.2, 0) is 4.79 Å². The van der Waals surface area contributed by atoms with E-state index in [2.05, 4.69) is 21.6 Å². The molecule has 8 heteroatoms. The lowest BCUT2D eigenvalue weighted by Gasteiger charge is -2.24. The van der Waals surface area contributed by atoms with Gasteiger partial charge in [0.2, 0.25) is 11.1 Å². The average molecular weight is 407 g/mol. The third-order valence-corrected chi connectivity index (χ3v) is 5.47. The maximum absolute atomic E-state index is 13.2. The zero-order valence-corrected chi connectivity index (χ0v) is 17.4. The SMILES string of the molecule is Cc1ccc(C)c(-n2nnnc2S[C@H](C)C(=O)N(CCC#N)c2ccccc2)c1. The monoisotopic (exact) mass is 406 g/mol. The summed E-state index contributed by atoms with van der Waals surface area (Å²) in [5.41, 5.74) is 3.81. The van der Waals surface area contributed by atoms with Crippen LogP contribution in [0.3, 0.4) is 0 Å². The van der Waals surface area contributed by atoms with E-state index in [9.17, 15) is 4.79 Å². The Bertz CT molecular complexity index is 1030. The van der Waals surface area contributed by atoms with Gasteiger partial charge in [-0.1, -0.05) is 42.1 Å². The lowest BCUT2D eigenvalue weighted by Crippen LogP contribution is -2.37. The summed E-state index contributed by atoms with van der Waals surface area (Å²) in [6.07, 6.45) is 0.262. The van der Waals surface area contributed by atoms with Crippen LogP contribution in [0.25, 0.3) is 5.69 Å². The van der Waals surface area contributed by atoms with Crippen molar-refractivity contribution in [1.29, 1.82) is 5.26 Å². The van der Waals surface area contributed by atoms with Crippen LogP contribution in [0.2, 0.25) is 0 Å². The summed E-state index contributed by atoms with van der Waals surface area (Å²) in [7, 11) is 0. The van der Waals surface area contributed by atoms with Crippen molar-refractivity contribution < 1.29 is 4.79 Å². The number of nitrogens with zero attached hydrogens (tertiary/aromatic N) is 6. The van der Waals surface area contributed by atoms with E-state index in [4.69, 9.17) is 5.26 Å². The molecule has 0 saturated carbocycles. The fourth-order valence-corrected chi connectivity index (χ4v) is 3.78. The zero-order valence-electron chi connectivity index (χ0n) is 16.6. The van der Waals surface area contributed by atoms with E-state index in [-0.39, 0.29) is 12.3 Å². The van der Waals surface area contributed by atoms with Gasteiger partial charge in [-0.25, -0.2) is 0 Å². The summed E-state index contributed by atoms with van der Waals surface area (Å²) >= 11 is 1.30. The molecule has 0 spiro atoms. The second-order valence-corrected chi connectivity index (χ2v) is 7.96. The predicted octanol–water partition coefficient (Wildman–Crippen LogP) is 3.71. The van der Waals surface area contributed by atoms with Crippen molar-refractivity contribution in [2.24, 2.45) is 0 Å². The Labute approximate surface area is 174 Å². The number of aromatic nitrogens is 4. The number of benzene rings is 2. The van der Waals surface area contributed by atoms with Crippen molar-refractivity contribution in [3.63, 3.8) is 0 Å². The molecule has 148 valence electrons. The van der Waals surface area contributed by atoms with E-state index in [1.807, 2.05) is 69.3 Å². The lowest BCUT2D eigenvalue weighted by atomic mass is 10.1. The fourth-order valence-electron chi connectivity index (χ4n) is 2.92. The van der Waals surface area contributed by atoms with Crippen LogP contribution in [0.4, 0.5) is 5.69 Å². The number of nitriles is 1. The molecular weight excluding hydrogens is 384 g/mol. The largest absolute Gasteiger partial charge is 0.310 e. The molecule has 1 aromatic heterocycles. The van der Waals surface area contributed by atoms with Gasteiger partial charge in [0, 0.05) is 12.2 Å². The van der Waals surface area contributed by atoms with E-state index in [0.717, 1.165) is 22.5 Å². The van der Waals surface area contributed by atoms with Crippen LogP contribution in [0.5, 0.6) is 0 Å². The molecule has 7 nitrogen and oxygen atoms in total. The smallest absolute Gasteiger partial charge is 0.240 e. The number of anilines is 1. The molecule has 0 aliphatic carbocycles. The number of tetrazole rings is 1. The first kappa shape index (κ1) is 20.6. The van der Waals surface area contributed by atoms with E-state index in [1.54, 1.807) is 9.58 Å².